The molecule has 0 amide bonds. The summed E-state index contributed by atoms with van der Waals surface area (Å²) in [5, 5.41) is 1.60. The Balaban J connectivity index is 1.39. The Morgan fingerprint density at radius 2 is 2.00 bits per heavy atom. The van der Waals surface area contributed by atoms with Crippen LogP contribution in [-0.4, -0.2) is 45.1 Å². The van der Waals surface area contributed by atoms with Gasteiger partial charge in [0.05, 0.1) is 11.4 Å². The van der Waals surface area contributed by atoms with Gasteiger partial charge in [-0.25, -0.2) is 15.0 Å². The van der Waals surface area contributed by atoms with Crippen LogP contribution >= 0.6 is 11.6 Å². The van der Waals surface area contributed by atoms with Crippen LogP contribution in [0, 0.1) is 11.8 Å². The first-order chi connectivity index (χ1) is 14.6. The van der Waals surface area contributed by atoms with Crippen molar-refractivity contribution in [2.75, 3.05) is 22.9 Å². The number of H-pyrrole nitrogens is 1. The van der Waals surface area contributed by atoms with Crippen LogP contribution in [0.5, 0.6) is 0 Å². The molecule has 0 radical (unpaired) electrons. The van der Waals surface area contributed by atoms with Gasteiger partial charge in [-0.05, 0) is 43.7 Å². The maximum absolute atomic E-state index is 6.45. The highest BCUT2D eigenvalue weighted by Gasteiger charge is 2.41. The molecule has 2 aliphatic heterocycles. The Hall–Kier alpha value is -2.38. The van der Waals surface area contributed by atoms with Gasteiger partial charge in [-0.1, -0.05) is 11.6 Å². The molecule has 3 N–H and O–H groups in total. The predicted octanol–water partition coefficient (Wildman–Crippen LogP) is 3.13. The molecular weight excluding hydrogens is 398 g/mol. The Kier molecular flexibility index (Phi) is 4.18. The molecule has 30 heavy (non-hydrogen) atoms. The quantitative estimate of drug-likeness (QED) is 0.616. The largest absolute Gasteiger partial charge is 0.363 e. The average molecular weight is 424 g/mol. The Labute approximate surface area is 180 Å². The van der Waals surface area contributed by atoms with Crippen molar-refractivity contribution in [3.05, 3.63) is 41.1 Å². The molecular formula is C22H26ClN7. The fourth-order valence-electron chi connectivity index (χ4n) is 5.75. The first-order valence-corrected chi connectivity index (χ1v) is 11.2. The number of aromatic nitrogens is 4. The number of rotatable bonds is 2. The molecule has 2 bridgehead atoms. The summed E-state index contributed by atoms with van der Waals surface area (Å²) in [6.45, 7) is 5.02. The fraction of sp³-hybridized carbons (Fsp3) is 0.500. The highest BCUT2D eigenvalue weighted by atomic mass is 35.5. The zero-order chi connectivity index (χ0) is 20.4. The molecule has 2 fully saturated rings. The third-order valence-electron chi connectivity index (χ3n) is 7.35. The molecule has 0 spiro atoms. The smallest absolute Gasteiger partial charge is 0.141 e. The minimum atomic E-state index is 0.308. The number of nitrogens with one attached hydrogen (secondary N) is 1. The van der Waals surface area contributed by atoms with E-state index in [4.69, 9.17) is 22.3 Å². The van der Waals surface area contributed by atoms with E-state index in [-0.39, 0.29) is 0 Å². The lowest BCUT2D eigenvalue weighted by atomic mass is 9.92. The zero-order valence-corrected chi connectivity index (χ0v) is 17.8. The minimum Gasteiger partial charge on any atom is -0.363 e. The number of fused-ring (bicyclic) bond motifs is 4. The topological polar surface area (TPSA) is 87.0 Å². The molecule has 2 unspecified atom stereocenters. The van der Waals surface area contributed by atoms with E-state index in [1.165, 1.54) is 18.4 Å². The molecule has 1 saturated carbocycles. The van der Waals surface area contributed by atoms with Gasteiger partial charge in [-0.2, -0.15) is 0 Å². The van der Waals surface area contributed by atoms with Gasteiger partial charge in [0.15, 0.2) is 0 Å². The van der Waals surface area contributed by atoms with Gasteiger partial charge >= 0.3 is 0 Å². The van der Waals surface area contributed by atoms with Gasteiger partial charge in [-0.15, -0.1) is 0 Å². The van der Waals surface area contributed by atoms with Crippen LogP contribution in [0.1, 0.15) is 31.0 Å². The van der Waals surface area contributed by atoms with E-state index in [1.54, 1.807) is 6.33 Å². The van der Waals surface area contributed by atoms with Gasteiger partial charge < -0.3 is 20.5 Å². The third-order valence-corrected chi connectivity index (χ3v) is 7.55. The van der Waals surface area contributed by atoms with Crippen LogP contribution < -0.4 is 15.5 Å². The second-order valence-electron chi connectivity index (χ2n) is 9.09. The lowest BCUT2D eigenvalue weighted by Gasteiger charge is -2.41. The molecule has 3 aromatic rings. The van der Waals surface area contributed by atoms with Crippen LogP contribution in [0.25, 0.3) is 11.0 Å². The second kappa shape index (κ2) is 6.82. The van der Waals surface area contributed by atoms with Crippen LogP contribution in [0.15, 0.2) is 24.7 Å². The summed E-state index contributed by atoms with van der Waals surface area (Å²) in [4.78, 5) is 21.9. The van der Waals surface area contributed by atoms with Gasteiger partial charge in [0.2, 0.25) is 0 Å². The normalized spacial score (nSPS) is 28.2. The SMILES string of the molecule is C[C@@H]1Cc2ncnc(N3CC4CCC(C3)C4N)c2CN1c1cc(Cl)nc2[nH]ccc12. The summed E-state index contributed by atoms with van der Waals surface area (Å²) in [6.07, 6.45) is 7.01. The molecule has 0 aromatic carbocycles. The molecule has 8 heteroatoms. The summed E-state index contributed by atoms with van der Waals surface area (Å²) in [7, 11) is 0. The second-order valence-corrected chi connectivity index (χ2v) is 9.47. The lowest BCUT2D eigenvalue weighted by molar-refractivity contribution is 0.354. The van der Waals surface area contributed by atoms with E-state index >= 15 is 0 Å². The summed E-state index contributed by atoms with van der Waals surface area (Å²) >= 11 is 6.35. The number of pyridine rings is 1. The molecule has 6 rings (SSSR count). The molecule has 7 nitrogen and oxygen atoms in total. The van der Waals surface area contributed by atoms with Crippen molar-refractivity contribution >= 4 is 34.1 Å². The van der Waals surface area contributed by atoms with Gasteiger partial charge in [0.25, 0.3) is 0 Å². The fourth-order valence-corrected chi connectivity index (χ4v) is 5.94. The molecule has 5 heterocycles. The van der Waals surface area contributed by atoms with E-state index in [0.717, 1.165) is 54.3 Å². The molecule has 1 aliphatic carbocycles. The number of nitrogens with two attached hydrogens (primary N) is 1. The van der Waals surface area contributed by atoms with E-state index in [1.807, 2.05) is 12.3 Å². The monoisotopic (exact) mass is 423 g/mol. The number of anilines is 2. The Morgan fingerprint density at radius 1 is 1.20 bits per heavy atom. The van der Waals surface area contributed by atoms with Crippen molar-refractivity contribution in [2.45, 2.75) is 44.8 Å². The van der Waals surface area contributed by atoms with E-state index in [9.17, 15) is 0 Å². The highest BCUT2D eigenvalue weighted by Crippen LogP contribution is 2.40. The number of nitrogens with zero attached hydrogens (tertiary/aromatic N) is 5. The number of halogens is 1. The summed E-state index contributed by atoms with van der Waals surface area (Å²) in [6, 6.07) is 4.70. The number of hydrogen-bond acceptors (Lipinski definition) is 6. The van der Waals surface area contributed by atoms with E-state index in [2.05, 4.69) is 37.7 Å². The van der Waals surface area contributed by atoms with Crippen LogP contribution in [0.3, 0.4) is 0 Å². The van der Waals surface area contributed by atoms with Gasteiger partial charge in [0, 0.05) is 55.3 Å². The first kappa shape index (κ1) is 18.4. The van der Waals surface area contributed by atoms with Crippen molar-refractivity contribution in [1.82, 2.24) is 19.9 Å². The molecule has 1 saturated heterocycles. The van der Waals surface area contributed by atoms with Crippen molar-refractivity contribution in [3.63, 3.8) is 0 Å². The maximum Gasteiger partial charge on any atom is 0.141 e. The molecule has 3 atom stereocenters. The molecule has 156 valence electrons. The van der Waals surface area contributed by atoms with E-state index < -0.39 is 0 Å². The molecule has 3 aromatic heterocycles. The highest BCUT2D eigenvalue weighted by molar-refractivity contribution is 6.30. The van der Waals surface area contributed by atoms with Crippen molar-refractivity contribution in [1.29, 1.82) is 0 Å². The van der Waals surface area contributed by atoms with Crippen molar-refractivity contribution in [3.8, 4) is 0 Å². The predicted molar refractivity (Wildman–Crippen MR) is 119 cm³/mol. The minimum absolute atomic E-state index is 0.308. The van der Waals surface area contributed by atoms with Crippen molar-refractivity contribution < 1.29 is 0 Å². The summed E-state index contributed by atoms with van der Waals surface area (Å²) in [5.41, 5.74) is 10.8. The third kappa shape index (κ3) is 2.79. The zero-order valence-electron chi connectivity index (χ0n) is 17.1. The number of piperidine rings is 1. The van der Waals surface area contributed by atoms with Crippen LogP contribution in [0.2, 0.25) is 5.15 Å². The number of hydrogen-bond donors (Lipinski definition) is 2. The summed E-state index contributed by atoms with van der Waals surface area (Å²) in [5.74, 6) is 2.24. The standard InChI is InChI=1S/C22H26ClN7/c1-12-6-17-16(10-30(12)18-7-19(23)28-21-15(18)4-5-25-21)22(27-11-26-17)29-8-13-2-3-14(9-29)20(13)24/h4-5,7,11-14,20H,2-3,6,8-10,24H2,1H3,(H,25,28)/t12-,13?,14?,20?/m1/s1. The Bertz CT molecular complexity index is 1100. The van der Waals surface area contributed by atoms with Gasteiger partial charge in [0.1, 0.15) is 22.9 Å². The van der Waals surface area contributed by atoms with Crippen molar-refractivity contribution in [2.24, 2.45) is 17.6 Å². The number of aromatic amines is 1. The lowest BCUT2D eigenvalue weighted by Crippen LogP contribution is -2.50. The van der Waals surface area contributed by atoms with Crippen LogP contribution in [0.4, 0.5) is 11.5 Å². The van der Waals surface area contributed by atoms with Gasteiger partial charge in [-0.3, -0.25) is 0 Å². The molecule has 3 aliphatic rings. The first-order valence-electron chi connectivity index (χ1n) is 10.8. The Morgan fingerprint density at radius 3 is 2.80 bits per heavy atom. The average Bonchev–Trinajstić information content (AvgIpc) is 3.26. The van der Waals surface area contributed by atoms with Crippen LogP contribution in [-0.2, 0) is 13.0 Å². The summed E-state index contributed by atoms with van der Waals surface area (Å²) < 4.78 is 0. The van der Waals surface area contributed by atoms with E-state index in [0.29, 0.717) is 29.1 Å². The maximum atomic E-state index is 6.45.